The first-order valence-electron chi connectivity index (χ1n) is 49.5. The predicted octanol–water partition coefficient (Wildman–Crippen LogP) is 30.5. The fraction of sp³-hybridized carbons (Fsp3) is 0.929. The van der Waals surface area contributed by atoms with Crippen molar-refractivity contribution in [2.75, 3.05) is 41.3 Å². The van der Waals surface area contributed by atoms with Crippen LogP contribution in [-0.4, -0.2) is 202 Å². The lowest BCUT2D eigenvalue weighted by molar-refractivity contribution is -0.293. The van der Waals surface area contributed by atoms with Crippen molar-refractivity contribution in [1.29, 1.82) is 0 Å². The molecule has 0 aliphatic carbocycles. The Balaban J connectivity index is 0.000000372. The SMILES string of the molecule is C=C1N(C)C(C)(C)C(C)(C)C(C)(C)N1C.CC1(C)N2CC(C)(C1(C)C)C(C)(C)C2(C)C.CC1(C)N2CCC(C)(C1(C)C)C(C)(C)C2(C)C.CC1=NC(C)(C)C(C)(C)C(C)(C)N1C.CC1=NC(C)(C)C(C)(C)C(C)(C)N1C.CC1=NC(C)(C)C(C)(C)C(C)(C)O1.CC1=NC(C)(C)C(C)(C)C(C)(C)O1.CC1=NC(C)(C)C(C)(C)C(C)(C)S1.CC1=NC(C)(C)C(C)(C)C(C)(C)S1. The van der Waals surface area contributed by atoms with Gasteiger partial charge in [-0.2, -0.15) is 0 Å². The van der Waals surface area contributed by atoms with Gasteiger partial charge in [0, 0.05) is 140 Å². The Bertz CT molecular complexity index is 3840. The second kappa shape index (κ2) is 34.1. The molecular weight excluding hydrogens is 1610 g/mol. The predicted molar refractivity (Wildman–Crippen MR) is 575 cm³/mol. The van der Waals surface area contributed by atoms with Gasteiger partial charge in [0.2, 0.25) is 0 Å². The zero-order chi connectivity index (χ0) is 103. The van der Waals surface area contributed by atoms with Crippen LogP contribution < -0.4 is 0 Å². The van der Waals surface area contributed by atoms with Gasteiger partial charge in [-0.15, -0.1) is 23.5 Å². The Kier molecular flexibility index (Phi) is 31.8. The van der Waals surface area contributed by atoms with E-state index in [0.29, 0.717) is 43.6 Å². The van der Waals surface area contributed by atoms with E-state index >= 15 is 0 Å². The molecular formula is C112H218N12O2S2. The monoisotopic (exact) mass is 1830 g/mol. The quantitative estimate of drug-likeness (QED) is 0.232. The number of piperidine rings is 4. The van der Waals surface area contributed by atoms with Gasteiger partial charge in [-0.1, -0.05) is 173 Å². The molecule has 16 heteroatoms. The van der Waals surface area contributed by atoms with E-state index < -0.39 is 0 Å². The van der Waals surface area contributed by atoms with E-state index in [1.165, 1.54) is 29.6 Å². The highest BCUT2D eigenvalue weighted by Crippen LogP contribution is 2.75. The lowest BCUT2D eigenvalue weighted by atomic mass is 9.37. The first-order valence-corrected chi connectivity index (χ1v) is 51.1. The summed E-state index contributed by atoms with van der Waals surface area (Å²) in [6.07, 6.45) is 1.33. The van der Waals surface area contributed by atoms with E-state index in [1.54, 1.807) is 0 Å². The smallest absolute Gasteiger partial charge is 0.181 e. The van der Waals surface area contributed by atoms with Crippen molar-refractivity contribution in [3.05, 3.63) is 12.4 Å². The fourth-order valence-electron chi connectivity index (χ4n) is 23.6. The molecule has 12 aliphatic rings. The molecule has 0 N–H and O–H groups in total. The molecule has 12 rings (SSSR count). The van der Waals surface area contributed by atoms with Crippen LogP contribution in [0.5, 0.6) is 0 Å². The Labute approximate surface area is 806 Å². The Morgan fingerprint density at radius 2 is 0.461 bits per heavy atom. The van der Waals surface area contributed by atoms with Crippen LogP contribution in [-0.2, 0) is 9.47 Å². The van der Waals surface area contributed by atoms with Crippen molar-refractivity contribution < 1.29 is 9.47 Å². The topological polar surface area (TPSA) is 112 Å². The Hall–Kier alpha value is -2.82. The molecule has 0 unspecified atom stereocenters. The summed E-state index contributed by atoms with van der Waals surface area (Å²) in [4.78, 5) is 42.9. The molecule has 0 aromatic rings. The highest BCUT2D eigenvalue weighted by molar-refractivity contribution is 8.15. The summed E-state index contributed by atoms with van der Waals surface area (Å²) < 4.78 is 12.1. The second-order valence-electron chi connectivity index (χ2n) is 56.8. The molecule has 0 atom stereocenters. The molecule has 6 saturated heterocycles. The number of amidine groups is 2. The first-order chi connectivity index (χ1) is 55.1. The molecule has 12 heterocycles. The number of fused-ring (bicyclic) bond motifs is 5. The Morgan fingerprint density at radius 3 is 0.688 bits per heavy atom. The molecule has 0 saturated carbocycles. The molecule has 14 nitrogen and oxygen atoms in total. The number of rotatable bonds is 0. The summed E-state index contributed by atoms with van der Waals surface area (Å²) in [6.45, 7) is 158. The molecule has 6 fully saturated rings. The zero-order valence-electron chi connectivity index (χ0n) is 98.8. The van der Waals surface area contributed by atoms with Crippen LogP contribution >= 0.6 is 23.5 Å². The van der Waals surface area contributed by atoms with E-state index in [-0.39, 0.29) is 125 Å². The third-order valence-electron chi connectivity index (χ3n) is 46.3. The van der Waals surface area contributed by atoms with Gasteiger partial charge in [0.15, 0.2) is 11.8 Å². The molecule has 750 valence electrons. The maximum Gasteiger partial charge on any atom is 0.181 e. The van der Waals surface area contributed by atoms with Crippen molar-refractivity contribution in [3.8, 4) is 0 Å². The lowest BCUT2D eigenvalue weighted by Crippen LogP contribution is -2.82. The van der Waals surface area contributed by atoms with E-state index in [0.717, 1.165) is 29.3 Å². The standard InChI is InChI=1S/C16H31N.C15H29N.C13H26N2.2C12H24N2.2C11H21NO.2C11H21NS/c1-12(2)14(5,6)17-11-10-16(12,9)13(3,4)15(17,7)8;1-11(2)13(5,6)16-10-15(11,9)12(3,4)14(16,7)8;1-10-14(8)12(4,5)11(2,3)13(6,7)15(10)9;2*1-9-13-11(4,5)10(2,3)12(6,7)14(9)8;4*1-8-12-10(4,5)9(2,3)11(6,7)13-8/h10-11H2,1-9H3;10H2,1-9H3;1H2,2-9H3;2*1-8H3;4*1-7H3. The summed E-state index contributed by atoms with van der Waals surface area (Å²) in [6, 6.07) is 0. The zero-order valence-corrected chi connectivity index (χ0v) is 100. The number of hydrogen-bond acceptors (Lipinski definition) is 16. The average molecular weight is 1830 g/mol. The average Bonchev–Trinajstić information content (AvgIpc) is 1.50. The minimum atomic E-state index is -0.150. The molecule has 0 amide bonds. The molecule has 0 radical (unpaired) electrons. The van der Waals surface area contributed by atoms with Gasteiger partial charge >= 0.3 is 0 Å². The van der Waals surface area contributed by atoms with Crippen molar-refractivity contribution in [2.45, 2.75) is 562 Å². The molecule has 4 bridgehead atoms. The van der Waals surface area contributed by atoms with E-state index in [9.17, 15) is 0 Å². The normalized spacial score (nSPS) is 33.1. The minimum Gasteiger partial charge on any atom is -0.475 e. The fourth-order valence-corrected chi connectivity index (χ4v) is 26.7. The highest BCUT2D eigenvalue weighted by Gasteiger charge is 2.77. The first kappa shape index (κ1) is 119. The van der Waals surface area contributed by atoms with Gasteiger partial charge in [-0.3, -0.25) is 29.8 Å². The van der Waals surface area contributed by atoms with Gasteiger partial charge in [-0.05, 0) is 322 Å². The molecule has 0 aromatic carbocycles. The molecule has 128 heavy (non-hydrogen) atoms. The van der Waals surface area contributed by atoms with Gasteiger partial charge < -0.3 is 29.1 Å². The van der Waals surface area contributed by atoms with Crippen LogP contribution in [0.2, 0.25) is 0 Å². The number of hydrogen-bond donors (Lipinski definition) is 0. The third kappa shape index (κ3) is 17.9. The van der Waals surface area contributed by atoms with Gasteiger partial charge in [0.1, 0.15) is 11.2 Å². The lowest BCUT2D eigenvalue weighted by Gasteiger charge is -2.79. The highest BCUT2D eigenvalue weighted by atomic mass is 32.2. The van der Waals surface area contributed by atoms with E-state index in [4.69, 9.17) is 29.4 Å². The summed E-state index contributed by atoms with van der Waals surface area (Å²) in [5.74, 6) is 4.98. The number of nitrogens with zero attached hydrogens (tertiary/aromatic N) is 12. The third-order valence-corrected chi connectivity index (χ3v) is 49.1. The van der Waals surface area contributed by atoms with Crippen LogP contribution in [0, 0.1) is 70.4 Å². The maximum absolute atomic E-state index is 5.77. The summed E-state index contributed by atoms with van der Waals surface area (Å²) in [5, 5.41) is 2.43. The van der Waals surface area contributed by atoms with Crippen molar-refractivity contribution in [2.24, 2.45) is 100 Å². The van der Waals surface area contributed by atoms with Crippen LogP contribution in [0.15, 0.2) is 42.4 Å². The second-order valence-corrected chi connectivity index (χ2v) is 60.4. The summed E-state index contributed by atoms with van der Waals surface area (Å²) in [5.41, 5.74) is 4.59. The van der Waals surface area contributed by atoms with Crippen LogP contribution in [0.3, 0.4) is 0 Å². The van der Waals surface area contributed by atoms with E-state index in [1.807, 2.05) is 37.4 Å². The molecule has 0 aromatic heterocycles. The largest absolute Gasteiger partial charge is 0.475 e. The summed E-state index contributed by atoms with van der Waals surface area (Å²) in [7, 11) is 8.54. The van der Waals surface area contributed by atoms with Crippen LogP contribution in [0.25, 0.3) is 0 Å². The number of aliphatic imine (C=N–C) groups is 6. The van der Waals surface area contributed by atoms with Crippen LogP contribution in [0.4, 0.5) is 0 Å². The van der Waals surface area contributed by atoms with Gasteiger partial charge in [0.25, 0.3) is 0 Å². The van der Waals surface area contributed by atoms with Gasteiger partial charge in [0.05, 0.1) is 60.8 Å². The van der Waals surface area contributed by atoms with Crippen LogP contribution in [0.1, 0.15) is 463 Å². The van der Waals surface area contributed by atoms with Crippen molar-refractivity contribution >= 4 is 57.1 Å². The maximum atomic E-state index is 5.77. The minimum absolute atomic E-state index is 0.00704. The van der Waals surface area contributed by atoms with Crippen molar-refractivity contribution in [3.63, 3.8) is 0 Å². The van der Waals surface area contributed by atoms with Crippen molar-refractivity contribution in [1.82, 2.24) is 29.4 Å². The summed E-state index contributed by atoms with van der Waals surface area (Å²) >= 11 is 3.81. The number of ether oxygens (including phenoxy) is 2. The molecule has 0 spiro atoms. The number of thioether (sulfide) groups is 2. The molecule has 12 aliphatic heterocycles. The Morgan fingerprint density at radius 1 is 0.242 bits per heavy atom. The van der Waals surface area contributed by atoms with Gasteiger partial charge in [-0.25, -0.2) is 9.98 Å². The van der Waals surface area contributed by atoms with E-state index in [2.05, 4.69) is 517 Å².